The van der Waals surface area contributed by atoms with E-state index >= 15 is 0 Å². The minimum atomic E-state index is -0.461. The number of aromatic nitrogens is 2. The average Bonchev–Trinajstić information content (AvgIpc) is 2.47. The smallest absolute Gasteiger partial charge is 0.224 e. The van der Waals surface area contributed by atoms with Crippen molar-refractivity contribution < 1.29 is 14.2 Å². The number of nitrogens with one attached hydrogen (secondary N) is 1. The first-order valence-electron chi connectivity index (χ1n) is 6.91. The van der Waals surface area contributed by atoms with E-state index in [1.165, 1.54) is 6.20 Å². The van der Waals surface area contributed by atoms with Crippen LogP contribution in [0, 0.1) is 5.82 Å². The number of ether oxygens (including phenoxy) is 1. The van der Waals surface area contributed by atoms with Crippen molar-refractivity contribution in [2.75, 3.05) is 36.5 Å². The third-order valence-electron chi connectivity index (χ3n) is 3.24. The number of rotatable bonds is 5. The zero-order chi connectivity index (χ0) is 14.5. The van der Waals surface area contributed by atoms with E-state index in [0.29, 0.717) is 19.1 Å². The van der Waals surface area contributed by atoms with E-state index in [0.717, 1.165) is 13.0 Å². The van der Waals surface area contributed by atoms with Gasteiger partial charge in [0.25, 0.3) is 0 Å². The van der Waals surface area contributed by atoms with Crippen molar-refractivity contribution in [2.24, 2.45) is 0 Å². The van der Waals surface area contributed by atoms with E-state index in [-0.39, 0.29) is 24.6 Å². The molecule has 0 aromatic carbocycles. The molecule has 1 aliphatic heterocycles. The van der Waals surface area contributed by atoms with Crippen molar-refractivity contribution in [1.29, 1.82) is 0 Å². The van der Waals surface area contributed by atoms with Gasteiger partial charge in [0.15, 0.2) is 11.6 Å². The Hall–Kier alpha value is -1.47. The first-order chi connectivity index (χ1) is 9.65. The lowest BCUT2D eigenvalue weighted by Crippen LogP contribution is -2.50. The number of hydrogen-bond acceptors (Lipinski definition) is 6. The van der Waals surface area contributed by atoms with Gasteiger partial charge in [-0.25, -0.2) is 9.37 Å². The number of aliphatic hydroxyl groups excluding tert-OH is 1. The second-order valence-electron chi connectivity index (χ2n) is 4.93. The zero-order valence-electron chi connectivity index (χ0n) is 11.8. The van der Waals surface area contributed by atoms with Gasteiger partial charge in [-0.15, -0.1) is 0 Å². The molecule has 1 aliphatic rings. The Balaban J connectivity index is 2.20. The SMILES string of the molecule is CCCNc1ncc(F)c(N2CC(CO)OCC2C)n1. The summed E-state index contributed by atoms with van der Waals surface area (Å²) in [5.74, 6) is 0.216. The van der Waals surface area contributed by atoms with Crippen LogP contribution in [-0.2, 0) is 4.74 Å². The number of hydrogen-bond donors (Lipinski definition) is 2. The number of morpholine rings is 1. The minimum Gasteiger partial charge on any atom is -0.394 e. The van der Waals surface area contributed by atoms with E-state index in [1.807, 2.05) is 18.7 Å². The Bertz CT molecular complexity index is 446. The Kier molecular flexibility index (Phi) is 5.08. The largest absolute Gasteiger partial charge is 0.394 e. The van der Waals surface area contributed by atoms with Gasteiger partial charge in [-0.05, 0) is 13.3 Å². The monoisotopic (exact) mass is 284 g/mol. The summed E-state index contributed by atoms with van der Waals surface area (Å²) in [5.41, 5.74) is 0. The van der Waals surface area contributed by atoms with Crippen LogP contribution in [0.5, 0.6) is 0 Å². The zero-order valence-corrected chi connectivity index (χ0v) is 11.8. The van der Waals surface area contributed by atoms with Crippen LogP contribution < -0.4 is 10.2 Å². The van der Waals surface area contributed by atoms with E-state index < -0.39 is 5.82 Å². The predicted octanol–water partition coefficient (Wildman–Crippen LogP) is 1.02. The molecule has 112 valence electrons. The molecule has 7 heteroatoms. The van der Waals surface area contributed by atoms with Crippen molar-refractivity contribution in [2.45, 2.75) is 32.4 Å². The maximum Gasteiger partial charge on any atom is 0.224 e. The lowest BCUT2D eigenvalue weighted by atomic mass is 10.2. The number of anilines is 2. The molecule has 0 aliphatic carbocycles. The van der Waals surface area contributed by atoms with Crippen LogP contribution in [0.1, 0.15) is 20.3 Å². The van der Waals surface area contributed by atoms with Gasteiger partial charge in [-0.1, -0.05) is 6.92 Å². The van der Waals surface area contributed by atoms with E-state index in [9.17, 15) is 9.50 Å². The standard InChI is InChI=1S/C13H21FN4O2/c1-3-4-15-13-16-5-11(14)12(17-13)18-6-10(7-19)20-8-9(18)2/h5,9-10,19H,3-4,6-8H2,1-2H3,(H,15,16,17). The molecule has 0 radical (unpaired) electrons. The van der Waals surface area contributed by atoms with E-state index in [4.69, 9.17) is 4.74 Å². The molecule has 0 amide bonds. The summed E-state index contributed by atoms with van der Waals surface area (Å²) in [6.45, 7) is 5.48. The molecule has 2 rings (SSSR count). The highest BCUT2D eigenvalue weighted by atomic mass is 19.1. The highest BCUT2D eigenvalue weighted by Crippen LogP contribution is 2.23. The molecule has 2 heterocycles. The summed E-state index contributed by atoms with van der Waals surface area (Å²) in [7, 11) is 0. The average molecular weight is 284 g/mol. The Labute approximate surface area is 118 Å². The molecule has 20 heavy (non-hydrogen) atoms. The predicted molar refractivity (Wildman–Crippen MR) is 74.4 cm³/mol. The summed E-state index contributed by atoms with van der Waals surface area (Å²) in [4.78, 5) is 9.99. The van der Waals surface area contributed by atoms with Crippen LogP contribution in [0.3, 0.4) is 0 Å². The molecule has 2 N–H and O–H groups in total. The molecule has 0 bridgehead atoms. The molecule has 2 atom stereocenters. The normalized spacial score (nSPS) is 22.9. The van der Waals surface area contributed by atoms with Crippen LogP contribution in [0.15, 0.2) is 6.20 Å². The van der Waals surface area contributed by atoms with Crippen LogP contribution in [-0.4, -0.2) is 53.5 Å². The fourth-order valence-electron chi connectivity index (χ4n) is 2.10. The highest BCUT2D eigenvalue weighted by molar-refractivity contribution is 5.45. The summed E-state index contributed by atoms with van der Waals surface area (Å²) in [6.07, 6.45) is 1.81. The lowest BCUT2D eigenvalue weighted by Gasteiger charge is -2.38. The summed E-state index contributed by atoms with van der Waals surface area (Å²) in [5, 5.41) is 12.2. The van der Waals surface area contributed by atoms with Gasteiger partial charge >= 0.3 is 0 Å². The number of halogens is 1. The Morgan fingerprint density at radius 1 is 1.60 bits per heavy atom. The number of aliphatic hydroxyl groups is 1. The van der Waals surface area contributed by atoms with Gasteiger partial charge in [-0.2, -0.15) is 4.98 Å². The summed E-state index contributed by atoms with van der Waals surface area (Å²) < 4.78 is 19.4. The molecule has 2 unspecified atom stereocenters. The summed E-state index contributed by atoms with van der Waals surface area (Å²) >= 11 is 0. The number of nitrogens with zero attached hydrogens (tertiary/aromatic N) is 3. The fraction of sp³-hybridized carbons (Fsp3) is 0.692. The van der Waals surface area contributed by atoms with Crippen LogP contribution in [0.4, 0.5) is 16.2 Å². The van der Waals surface area contributed by atoms with Gasteiger partial charge in [0.05, 0.1) is 31.6 Å². The molecule has 1 aromatic heterocycles. The van der Waals surface area contributed by atoms with Crippen LogP contribution in [0.2, 0.25) is 0 Å². The molecule has 1 fully saturated rings. The second kappa shape index (κ2) is 6.81. The van der Waals surface area contributed by atoms with E-state index in [1.54, 1.807) is 0 Å². The van der Waals surface area contributed by atoms with Gasteiger partial charge in [-0.3, -0.25) is 0 Å². The maximum atomic E-state index is 14.0. The first-order valence-corrected chi connectivity index (χ1v) is 6.91. The van der Waals surface area contributed by atoms with E-state index in [2.05, 4.69) is 15.3 Å². The van der Waals surface area contributed by atoms with Crippen molar-refractivity contribution in [3.63, 3.8) is 0 Å². The first kappa shape index (κ1) is 14.9. The van der Waals surface area contributed by atoms with Gasteiger partial charge in [0, 0.05) is 13.1 Å². The Morgan fingerprint density at radius 2 is 2.40 bits per heavy atom. The van der Waals surface area contributed by atoms with Crippen molar-refractivity contribution in [1.82, 2.24) is 9.97 Å². The molecular weight excluding hydrogens is 263 g/mol. The van der Waals surface area contributed by atoms with Crippen molar-refractivity contribution in [3.8, 4) is 0 Å². The lowest BCUT2D eigenvalue weighted by molar-refractivity contribution is -0.0107. The van der Waals surface area contributed by atoms with Gasteiger partial charge in [0.1, 0.15) is 0 Å². The fourth-order valence-corrected chi connectivity index (χ4v) is 2.10. The minimum absolute atomic E-state index is 0.00113. The third-order valence-corrected chi connectivity index (χ3v) is 3.24. The quantitative estimate of drug-likeness (QED) is 0.841. The maximum absolute atomic E-state index is 14.0. The topological polar surface area (TPSA) is 70.5 Å². The van der Waals surface area contributed by atoms with Crippen molar-refractivity contribution >= 4 is 11.8 Å². The van der Waals surface area contributed by atoms with Gasteiger partial charge < -0.3 is 20.1 Å². The molecule has 0 spiro atoms. The van der Waals surface area contributed by atoms with Gasteiger partial charge in [0.2, 0.25) is 5.95 Å². The molecule has 1 saturated heterocycles. The Morgan fingerprint density at radius 3 is 3.10 bits per heavy atom. The second-order valence-corrected chi connectivity index (χ2v) is 4.93. The molecule has 6 nitrogen and oxygen atoms in total. The summed E-state index contributed by atoms with van der Waals surface area (Å²) in [6, 6.07) is 0.00113. The van der Waals surface area contributed by atoms with Crippen molar-refractivity contribution in [3.05, 3.63) is 12.0 Å². The van der Waals surface area contributed by atoms with Crippen LogP contribution in [0.25, 0.3) is 0 Å². The molecular formula is C13H21FN4O2. The molecule has 0 saturated carbocycles. The van der Waals surface area contributed by atoms with Crippen LogP contribution >= 0.6 is 0 Å². The molecule has 1 aromatic rings. The highest BCUT2D eigenvalue weighted by Gasteiger charge is 2.28. The third kappa shape index (κ3) is 3.34.